The monoisotopic (exact) mass is 295 g/mol. The van der Waals surface area contributed by atoms with Crippen molar-refractivity contribution in [1.82, 2.24) is 0 Å². The molecule has 0 unspecified atom stereocenters. The van der Waals surface area contributed by atoms with E-state index in [0.29, 0.717) is 17.5 Å². The normalized spacial score (nSPS) is 27.9. The Labute approximate surface area is 131 Å². The van der Waals surface area contributed by atoms with E-state index in [9.17, 15) is 5.21 Å². The molecule has 0 radical (unpaired) electrons. The molecule has 0 saturated heterocycles. The lowest BCUT2D eigenvalue weighted by molar-refractivity contribution is -0.611. The van der Waals surface area contributed by atoms with Gasteiger partial charge in [0.2, 0.25) is 11.4 Å². The van der Waals surface area contributed by atoms with Crippen LogP contribution < -0.4 is 4.73 Å². The van der Waals surface area contributed by atoms with Crippen LogP contribution in [0, 0.1) is 16.5 Å². The molecule has 1 heterocycles. The SMILES string of the molecule is CO[C@H]1c2c(ccc(-c3ccccc3)[n+]2[O-])[C@H]2C[C@@H]1C2(C)C. The molecule has 3 nitrogen and oxygen atoms in total. The van der Waals surface area contributed by atoms with Crippen LogP contribution in [0.2, 0.25) is 0 Å². The topological polar surface area (TPSA) is 36.2 Å². The fourth-order valence-electron chi connectivity index (χ4n) is 4.43. The van der Waals surface area contributed by atoms with Crippen LogP contribution in [0.1, 0.15) is 43.5 Å². The van der Waals surface area contributed by atoms with Crippen molar-refractivity contribution in [3.8, 4) is 11.3 Å². The summed E-state index contributed by atoms with van der Waals surface area (Å²) in [7, 11) is 1.72. The molecule has 5 rings (SSSR count). The number of aromatic nitrogens is 1. The number of rotatable bonds is 2. The van der Waals surface area contributed by atoms with Gasteiger partial charge in [-0.2, -0.15) is 4.73 Å². The standard InChI is InChI=1S/C19H21NO2/c1-19(2)14-11-15(19)18(22-3)17-13(14)9-10-16(20(17)21)12-7-5-4-6-8-12/h4-10,14-15,18H,11H2,1-3H3/t14-,15+,18-/m1/s1. The summed E-state index contributed by atoms with van der Waals surface area (Å²) in [4.78, 5) is 0. The maximum Gasteiger partial charge on any atom is 0.226 e. The number of hydrogen-bond acceptors (Lipinski definition) is 2. The molecule has 0 spiro atoms. The first kappa shape index (κ1) is 13.8. The molecule has 1 aromatic heterocycles. The van der Waals surface area contributed by atoms with Gasteiger partial charge in [-0.05, 0) is 36.0 Å². The number of hydrogen-bond donors (Lipinski definition) is 0. The van der Waals surface area contributed by atoms with E-state index in [1.54, 1.807) is 7.11 Å². The van der Waals surface area contributed by atoms with Crippen LogP contribution in [0.5, 0.6) is 0 Å². The Kier molecular flexibility index (Phi) is 2.85. The van der Waals surface area contributed by atoms with Gasteiger partial charge in [-0.25, -0.2) is 0 Å². The van der Waals surface area contributed by atoms with Crippen molar-refractivity contribution in [2.45, 2.75) is 32.3 Å². The van der Waals surface area contributed by atoms with E-state index in [2.05, 4.69) is 19.9 Å². The molecule has 2 bridgehead atoms. The van der Waals surface area contributed by atoms with Crippen LogP contribution in [-0.4, -0.2) is 7.11 Å². The number of pyridine rings is 1. The van der Waals surface area contributed by atoms with Gasteiger partial charge < -0.3 is 9.94 Å². The lowest BCUT2D eigenvalue weighted by Crippen LogP contribution is -2.55. The van der Waals surface area contributed by atoms with Gasteiger partial charge in [0.05, 0.1) is 0 Å². The molecule has 3 heteroatoms. The highest BCUT2D eigenvalue weighted by Gasteiger charge is 2.60. The van der Waals surface area contributed by atoms with E-state index >= 15 is 0 Å². The first-order valence-corrected chi connectivity index (χ1v) is 7.90. The van der Waals surface area contributed by atoms with Crippen LogP contribution in [-0.2, 0) is 4.74 Å². The van der Waals surface area contributed by atoms with Gasteiger partial charge >= 0.3 is 0 Å². The molecule has 2 aromatic rings. The van der Waals surface area contributed by atoms with Crippen molar-refractivity contribution in [3.63, 3.8) is 0 Å². The van der Waals surface area contributed by atoms with Gasteiger partial charge in [-0.3, -0.25) is 0 Å². The van der Waals surface area contributed by atoms with Crippen molar-refractivity contribution in [1.29, 1.82) is 0 Å². The first-order chi connectivity index (χ1) is 10.6. The Morgan fingerprint density at radius 3 is 2.50 bits per heavy atom. The molecule has 3 atom stereocenters. The molecule has 1 aromatic carbocycles. The number of benzene rings is 1. The second-order valence-electron chi connectivity index (χ2n) is 7.09. The molecule has 0 aliphatic heterocycles. The third-order valence-corrected chi connectivity index (χ3v) is 5.83. The average Bonchev–Trinajstić information content (AvgIpc) is 2.54. The van der Waals surface area contributed by atoms with Gasteiger partial charge in [-0.1, -0.05) is 32.0 Å². The van der Waals surface area contributed by atoms with Crippen molar-refractivity contribution in [2.75, 3.05) is 7.11 Å². The lowest BCUT2D eigenvalue weighted by atomic mass is 9.47. The predicted octanol–water partition coefficient (Wildman–Crippen LogP) is 3.82. The lowest BCUT2D eigenvalue weighted by Gasteiger charge is -2.58. The Morgan fingerprint density at radius 2 is 1.86 bits per heavy atom. The molecule has 3 aliphatic rings. The Balaban J connectivity index is 1.90. The summed E-state index contributed by atoms with van der Waals surface area (Å²) >= 11 is 0. The number of nitrogens with zero attached hydrogens (tertiary/aromatic N) is 1. The highest BCUT2D eigenvalue weighted by molar-refractivity contribution is 5.57. The number of methoxy groups -OCH3 is 1. The zero-order valence-corrected chi connectivity index (χ0v) is 13.2. The van der Waals surface area contributed by atoms with Crippen LogP contribution >= 0.6 is 0 Å². The first-order valence-electron chi connectivity index (χ1n) is 7.90. The quantitative estimate of drug-likeness (QED) is 0.624. The summed E-state index contributed by atoms with van der Waals surface area (Å²) in [6.07, 6.45) is 1.03. The summed E-state index contributed by atoms with van der Waals surface area (Å²) < 4.78 is 6.86. The minimum atomic E-state index is -0.101. The third kappa shape index (κ3) is 1.63. The van der Waals surface area contributed by atoms with E-state index in [0.717, 1.165) is 22.4 Å². The molecular formula is C19H21NO2. The maximum atomic E-state index is 13.0. The molecular weight excluding hydrogens is 274 g/mol. The summed E-state index contributed by atoms with van der Waals surface area (Å²) in [6, 6.07) is 13.9. The smallest absolute Gasteiger partial charge is 0.226 e. The second-order valence-corrected chi connectivity index (χ2v) is 7.09. The van der Waals surface area contributed by atoms with Crippen LogP contribution in [0.3, 0.4) is 0 Å². The van der Waals surface area contributed by atoms with Gasteiger partial charge in [0, 0.05) is 30.2 Å². The van der Waals surface area contributed by atoms with E-state index in [1.165, 1.54) is 5.56 Å². The van der Waals surface area contributed by atoms with Gasteiger partial charge in [-0.15, -0.1) is 0 Å². The molecule has 1 saturated carbocycles. The average molecular weight is 295 g/mol. The fraction of sp³-hybridized carbons (Fsp3) is 0.421. The third-order valence-electron chi connectivity index (χ3n) is 5.83. The summed E-state index contributed by atoms with van der Waals surface area (Å²) in [5, 5.41) is 13.0. The zero-order chi connectivity index (χ0) is 15.5. The summed E-state index contributed by atoms with van der Waals surface area (Å²) in [5.74, 6) is 0.908. The van der Waals surface area contributed by atoms with Gasteiger partial charge in [0.1, 0.15) is 6.10 Å². The highest BCUT2D eigenvalue weighted by atomic mass is 16.5. The van der Waals surface area contributed by atoms with Crippen LogP contribution in [0.25, 0.3) is 11.3 Å². The Morgan fingerprint density at radius 1 is 1.14 bits per heavy atom. The van der Waals surface area contributed by atoms with Crippen molar-refractivity contribution in [3.05, 3.63) is 58.9 Å². The second kappa shape index (κ2) is 4.56. The molecule has 3 aliphatic carbocycles. The van der Waals surface area contributed by atoms with E-state index in [4.69, 9.17) is 4.74 Å². The van der Waals surface area contributed by atoms with Gasteiger partial charge in [0.15, 0.2) is 0 Å². The minimum absolute atomic E-state index is 0.101. The molecule has 0 amide bonds. The Hall–Kier alpha value is -1.87. The summed E-state index contributed by atoms with van der Waals surface area (Å²) in [5.41, 5.74) is 3.88. The maximum absolute atomic E-state index is 13.0. The van der Waals surface area contributed by atoms with E-state index in [-0.39, 0.29) is 11.5 Å². The van der Waals surface area contributed by atoms with Crippen molar-refractivity contribution < 1.29 is 9.47 Å². The highest BCUT2D eigenvalue weighted by Crippen LogP contribution is 2.66. The predicted molar refractivity (Wildman–Crippen MR) is 85.2 cm³/mol. The summed E-state index contributed by atoms with van der Waals surface area (Å²) in [6.45, 7) is 4.59. The molecule has 0 N–H and O–H groups in total. The molecule has 22 heavy (non-hydrogen) atoms. The van der Waals surface area contributed by atoms with E-state index in [1.807, 2.05) is 36.4 Å². The minimum Gasteiger partial charge on any atom is -0.618 e. The van der Waals surface area contributed by atoms with Gasteiger partial charge in [0.25, 0.3) is 0 Å². The van der Waals surface area contributed by atoms with E-state index < -0.39 is 0 Å². The molecule has 114 valence electrons. The van der Waals surface area contributed by atoms with Crippen LogP contribution in [0.4, 0.5) is 0 Å². The van der Waals surface area contributed by atoms with Crippen molar-refractivity contribution >= 4 is 0 Å². The van der Waals surface area contributed by atoms with Crippen molar-refractivity contribution in [2.24, 2.45) is 11.3 Å². The largest absolute Gasteiger partial charge is 0.618 e. The molecule has 1 fully saturated rings. The zero-order valence-electron chi connectivity index (χ0n) is 13.2. The fourth-order valence-corrected chi connectivity index (χ4v) is 4.43. The van der Waals surface area contributed by atoms with Crippen LogP contribution in [0.15, 0.2) is 42.5 Å². The number of ether oxygens (including phenoxy) is 1. The Bertz CT molecular complexity index is 724.